The molecular formula is C24H52O2. The molecule has 0 bridgehead atoms. The lowest BCUT2D eigenvalue weighted by Crippen LogP contribution is -2.26. The Balaban J connectivity index is -0.0000000745. The van der Waals surface area contributed by atoms with Crippen molar-refractivity contribution >= 4 is 0 Å². The summed E-state index contributed by atoms with van der Waals surface area (Å²) in [5.41, 5.74) is 0.542. The van der Waals surface area contributed by atoms with Crippen molar-refractivity contribution in [2.45, 2.75) is 102 Å². The third-order valence-corrected chi connectivity index (χ3v) is 2.71. The van der Waals surface area contributed by atoms with Crippen LogP contribution in [0.25, 0.3) is 0 Å². The van der Waals surface area contributed by atoms with Crippen molar-refractivity contribution in [3.05, 3.63) is 36.4 Å². The van der Waals surface area contributed by atoms with Crippen LogP contribution < -0.4 is 0 Å². The fraction of sp³-hybridized carbons (Fsp3) is 0.750. The fourth-order valence-corrected chi connectivity index (χ4v) is 0.791. The van der Waals surface area contributed by atoms with Gasteiger partial charge in [0.15, 0.2) is 5.79 Å². The van der Waals surface area contributed by atoms with E-state index in [0.717, 1.165) is 0 Å². The van der Waals surface area contributed by atoms with E-state index in [0.29, 0.717) is 12.0 Å². The van der Waals surface area contributed by atoms with Gasteiger partial charge in [0.25, 0.3) is 0 Å². The molecule has 0 radical (unpaired) electrons. The normalized spacial score (nSPS) is 9.00. The Morgan fingerprint density at radius 2 is 0.846 bits per heavy atom. The molecule has 1 aromatic carbocycles. The molecule has 160 valence electrons. The zero-order valence-electron chi connectivity index (χ0n) is 20.7. The topological polar surface area (TPSA) is 18.5 Å². The number of ether oxygens (including phenoxy) is 2. The second kappa shape index (κ2) is 28.9. The average Bonchev–Trinajstić information content (AvgIpc) is 2.68. The predicted molar refractivity (Wildman–Crippen MR) is 123 cm³/mol. The molecule has 1 rings (SSSR count). The second-order valence-corrected chi connectivity index (χ2v) is 6.11. The Hall–Kier alpha value is -0.860. The monoisotopic (exact) mass is 372 g/mol. The standard InChI is InChI=1S/C6H14O2.C6H6.C6H14.3C2H6/c1-5-8-6(2,3)7-4;1-2-4-6-5-3-1;1-5-6(2,3)4;3*1-2/h5H2,1-4H3;1-6H;5H2,1-4H3;3*1-2H3. The van der Waals surface area contributed by atoms with E-state index in [1.165, 1.54) is 6.42 Å². The van der Waals surface area contributed by atoms with E-state index >= 15 is 0 Å². The Morgan fingerprint density at radius 1 is 0.615 bits per heavy atom. The Labute approximate surface area is 167 Å². The molecule has 0 unspecified atom stereocenters. The van der Waals surface area contributed by atoms with E-state index in [4.69, 9.17) is 9.47 Å². The summed E-state index contributed by atoms with van der Waals surface area (Å²) in [7, 11) is 1.63. The van der Waals surface area contributed by atoms with Gasteiger partial charge in [0.1, 0.15) is 0 Å². The van der Waals surface area contributed by atoms with Gasteiger partial charge in [-0.1, -0.05) is 112 Å². The molecule has 0 N–H and O–H groups in total. The second-order valence-electron chi connectivity index (χ2n) is 6.11. The van der Waals surface area contributed by atoms with Crippen LogP contribution in [-0.2, 0) is 9.47 Å². The summed E-state index contributed by atoms with van der Waals surface area (Å²) in [5.74, 6) is -0.408. The van der Waals surface area contributed by atoms with Crippen LogP contribution in [0.1, 0.15) is 96.4 Å². The van der Waals surface area contributed by atoms with E-state index in [-0.39, 0.29) is 0 Å². The fourth-order valence-electron chi connectivity index (χ4n) is 0.791. The van der Waals surface area contributed by atoms with Crippen LogP contribution in [0, 0.1) is 5.41 Å². The van der Waals surface area contributed by atoms with Gasteiger partial charge in [-0.25, -0.2) is 0 Å². The minimum atomic E-state index is -0.408. The number of rotatable bonds is 3. The van der Waals surface area contributed by atoms with Gasteiger partial charge < -0.3 is 9.47 Å². The molecule has 0 spiro atoms. The van der Waals surface area contributed by atoms with Gasteiger partial charge in [0.2, 0.25) is 0 Å². The first-order valence-corrected chi connectivity index (χ1v) is 10.4. The van der Waals surface area contributed by atoms with E-state index in [1.807, 2.05) is 98.7 Å². The van der Waals surface area contributed by atoms with Crippen molar-refractivity contribution in [1.29, 1.82) is 0 Å². The smallest absolute Gasteiger partial charge is 0.162 e. The van der Waals surface area contributed by atoms with Gasteiger partial charge >= 0.3 is 0 Å². The van der Waals surface area contributed by atoms with Crippen molar-refractivity contribution in [1.82, 2.24) is 0 Å². The minimum absolute atomic E-state index is 0.408. The largest absolute Gasteiger partial charge is 0.354 e. The summed E-state index contributed by atoms with van der Waals surface area (Å²) in [6, 6.07) is 12.0. The molecule has 0 fully saturated rings. The Bertz CT molecular complexity index is 260. The maximum atomic E-state index is 5.16. The summed E-state index contributed by atoms with van der Waals surface area (Å²) in [4.78, 5) is 0. The van der Waals surface area contributed by atoms with Crippen LogP contribution in [0.3, 0.4) is 0 Å². The molecule has 0 aliphatic carbocycles. The van der Waals surface area contributed by atoms with Crippen LogP contribution in [0.15, 0.2) is 36.4 Å². The predicted octanol–water partition coefficient (Wildman–Crippen LogP) is 8.61. The highest BCUT2D eigenvalue weighted by atomic mass is 16.7. The van der Waals surface area contributed by atoms with Gasteiger partial charge in [-0.15, -0.1) is 0 Å². The van der Waals surface area contributed by atoms with Crippen molar-refractivity contribution in [3.8, 4) is 0 Å². The first kappa shape index (κ1) is 36.1. The lowest BCUT2D eigenvalue weighted by molar-refractivity contribution is -0.193. The molecule has 0 saturated carbocycles. The number of hydrogen-bond donors (Lipinski definition) is 0. The third kappa shape index (κ3) is 49.5. The first-order chi connectivity index (χ1) is 12.2. The highest BCUT2D eigenvalue weighted by Crippen LogP contribution is 2.16. The van der Waals surface area contributed by atoms with Gasteiger partial charge in [0, 0.05) is 13.7 Å². The SMILES string of the molecule is CC.CC.CC.CCC(C)(C)C.CCOC(C)(C)OC.c1ccccc1. The molecule has 0 heterocycles. The summed E-state index contributed by atoms with van der Waals surface area (Å²) in [6.07, 6.45) is 1.27. The first-order valence-electron chi connectivity index (χ1n) is 10.4. The molecule has 0 aliphatic heterocycles. The molecule has 2 nitrogen and oxygen atoms in total. The summed E-state index contributed by atoms with van der Waals surface area (Å²) < 4.78 is 10.1. The highest BCUT2D eigenvalue weighted by molar-refractivity contribution is 4.99. The van der Waals surface area contributed by atoms with Gasteiger partial charge in [-0.3, -0.25) is 0 Å². The molecule has 0 amide bonds. The highest BCUT2D eigenvalue weighted by Gasteiger charge is 2.13. The molecular weight excluding hydrogens is 320 g/mol. The minimum Gasteiger partial charge on any atom is -0.354 e. The Morgan fingerprint density at radius 3 is 0.923 bits per heavy atom. The molecule has 0 aromatic heterocycles. The van der Waals surface area contributed by atoms with Crippen molar-refractivity contribution in [3.63, 3.8) is 0 Å². The molecule has 0 aliphatic rings. The maximum absolute atomic E-state index is 5.16. The number of hydrogen-bond acceptors (Lipinski definition) is 2. The molecule has 0 saturated heterocycles. The lowest BCUT2D eigenvalue weighted by Gasteiger charge is -2.21. The summed E-state index contributed by atoms with van der Waals surface area (Å²) in [6.45, 7) is 27.3. The molecule has 1 aromatic rings. The van der Waals surface area contributed by atoms with Crippen LogP contribution in [0.2, 0.25) is 0 Å². The zero-order valence-corrected chi connectivity index (χ0v) is 20.7. The van der Waals surface area contributed by atoms with Gasteiger partial charge in [-0.05, 0) is 26.2 Å². The van der Waals surface area contributed by atoms with Gasteiger partial charge in [0.05, 0.1) is 0 Å². The van der Waals surface area contributed by atoms with E-state index < -0.39 is 5.79 Å². The van der Waals surface area contributed by atoms with Crippen LogP contribution in [0.4, 0.5) is 0 Å². The van der Waals surface area contributed by atoms with Crippen molar-refractivity contribution in [2.75, 3.05) is 13.7 Å². The van der Waals surface area contributed by atoms with Crippen LogP contribution in [0.5, 0.6) is 0 Å². The van der Waals surface area contributed by atoms with E-state index in [2.05, 4.69) is 27.7 Å². The average molecular weight is 373 g/mol. The number of benzene rings is 1. The number of methoxy groups -OCH3 is 1. The maximum Gasteiger partial charge on any atom is 0.162 e. The quantitative estimate of drug-likeness (QED) is 0.494. The van der Waals surface area contributed by atoms with E-state index in [9.17, 15) is 0 Å². The van der Waals surface area contributed by atoms with Gasteiger partial charge in [-0.2, -0.15) is 0 Å². The molecule has 2 heteroatoms. The van der Waals surface area contributed by atoms with Crippen LogP contribution in [-0.4, -0.2) is 19.5 Å². The molecule has 26 heavy (non-hydrogen) atoms. The summed E-state index contributed by atoms with van der Waals surface area (Å²) in [5, 5.41) is 0. The van der Waals surface area contributed by atoms with Crippen molar-refractivity contribution < 1.29 is 9.47 Å². The van der Waals surface area contributed by atoms with E-state index in [1.54, 1.807) is 7.11 Å². The zero-order chi connectivity index (χ0) is 22.1. The Kier molecular flexibility index (Phi) is 40.2. The lowest BCUT2D eigenvalue weighted by atomic mass is 9.94. The van der Waals surface area contributed by atoms with Crippen molar-refractivity contribution in [2.24, 2.45) is 5.41 Å². The summed E-state index contributed by atoms with van der Waals surface area (Å²) >= 11 is 0. The molecule has 0 atom stereocenters. The van der Waals surface area contributed by atoms with Crippen LogP contribution >= 0.6 is 0 Å². The third-order valence-electron chi connectivity index (χ3n) is 2.71.